The van der Waals surface area contributed by atoms with E-state index >= 15 is 0 Å². The first kappa shape index (κ1) is 22.3. The Morgan fingerprint density at radius 3 is 2.24 bits per heavy atom. The Morgan fingerprint density at radius 2 is 1.64 bits per heavy atom. The number of nitrogens with zero attached hydrogens (tertiary/aromatic N) is 2. The third-order valence-electron chi connectivity index (χ3n) is 5.20. The summed E-state index contributed by atoms with van der Waals surface area (Å²) in [5.74, 6) is 0.467. The number of methoxy groups -OCH3 is 1. The van der Waals surface area contributed by atoms with Crippen LogP contribution in [0.5, 0.6) is 11.6 Å². The van der Waals surface area contributed by atoms with Gasteiger partial charge in [-0.05, 0) is 48.0 Å². The number of primary sulfonamides is 1. The molecular weight excluding hydrogens is 442 g/mol. The molecule has 0 fully saturated rings. The molecule has 0 spiro atoms. The lowest BCUT2D eigenvalue weighted by molar-refractivity contribution is 0.412. The molecule has 4 aromatic rings. The zero-order valence-corrected chi connectivity index (χ0v) is 18.5. The molecule has 4 rings (SSSR count). The molecule has 0 amide bonds. The molecule has 0 aliphatic rings. The molecule has 9 heteroatoms. The molecular formula is C24H21N3O5S. The number of hydrogen-bond acceptors (Lipinski definition) is 6. The second kappa shape index (κ2) is 8.89. The molecule has 0 radical (unpaired) electrons. The van der Waals surface area contributed by atoms with Gasteiger partial charge in [-0.25, -0.2) is 13.6 Å². The van der Waals surface area contributed by atoms with Gasteiger partial charge in [0.1, 0.15) is 5.75 Å². The minimum absolute atomic E-state index is 0.0252. The van der Waals surface area contributed by atoms with Crippen LogP contribution in [-0.4, -0.2) is 31.4 Å². The van der Waals surface area contributed by atoms with Crippen molar-refractivity contribution in [3.63, 3.8) is 0 Å². The van der Waals surface area contributed by atoms with Gasteiger partial charge in [0.15, 0.2) is 0 Å². The maximum atomic E-state index is 13.1. The molecule has 3 N–H and O–H groups in total. The molecule has 0 saturated carbocycles. The Balaban J connectivity index is 1.78. The Labute approximate surface area is 190 Å². The van der Waals surface area contributed by atoms with E-state index < -0.39 is 10.0 Å². The van der Waals surface area contributed by atoms with E-state index in [-0.39, 0.29) is 22.9 Å². The van der Waals surface area contributed by atoms with Gasteiger partial charge in [-0.2, -0.15) is 0 Å². The summed E-state index contributed by atoms with van der Waals surface area (Å²) in [6.45, 7) is 0.156. The molecule has 33 heavy (non-hydrogen) atoms. The SMILES string of the molecule is COc1ccc(Cn2c(O)c(C=Nc3ccc(S(N)(=O)=O)cc3)c3ccccc3c2=O)cc1. The fourth-order valence-corrected chi connectivity index (χ4v) is 3.98. The third-order valence-corrected chi connectivity index (χ3v) is 6.13. The highest BCUT2D eigenvalue weighted by Crippen LogP contribution is 2.25. The molecule has 3 aromatic carbocycles. The van der Waals surface area contributed by atoms with Gasteiger partial charge in [0.25, 0.3) is 5.56 Å². The minimum Gasteiger partial charge on any atom is -0.497 e. The van der Waals surface area contributed by atoms with Gasteiger partial charge in [-0.3, -0.25) is 14.4 Å². The Kier molecular flexibility index (Phi) is 5.99. The van der Waals surface area contributed by atoms with E-state index in [1.807, 2.05) is 12.1 Å². The van der Waals surface area contributed by atoms with E-state index in [1.54, 1.807) is 43.5 Å². The van der Waals surface area contributed by atoms with Crippen molar-refractivity contribution in [2.24, 2.45) is 10.1 Å². The number of hydrogen-bond donors (Lipinski definition) is 2. The molecule has 1 heterocycles. The van der Waals surface area contributed by atoms with Gasteiger partial charge in [0.05, 0.1) is 29.8 Å². The average molecular weight is 464 g/mol. The van der Waals surface area contributed by atoms with E-state index in [4.69, 9.17) is 9.88 Å². The Bertz CT molecular complexity index is 1510. The molecule has 0 bridgehead atoms. The topological polar surface area (TPSA) is 124 Å². The van der Waals surface area contributed by atoms with Crippen molar-refractivity contribution in [3.8, 4) is 11.6 Å². The molecule has 0 unspecified atom stereocenters. The quantitative estimate of drug-likeness (QED) is 0.425. The van der Waals surface area contributed by atoms with Crippen molar-refractivity contribution in [3.05, 3.63) is 94.3 Å². The lowest BCUT2D eigenvalue weighted by atomic mass is 10.1. The predicted octanol–water partition coefficient (Wildman–Crippen LogP) is 3.16. The molecule has 0 atom stereocenters. The first-order valence-corrected chi connectivity index (χ1v) is 11.5. The second-order valence-corrected chi connectivity index (χ2v) is 8.88. The fourth-order valence-electron chi connectivity index (χ4n) is 3.46. The number of benzene rings is 3. The van der Waals surface area contributed by atoms with E-state index in [1.165, 1.54) is 35.0 Å². The molecule has 0 aliphatic carbocycles. The minimum atomic E-state index is -3.80. The van der Waals surface area contributed by atoms with Crippen LogP contribution in [0.3, 0.4) is 0 Å². The molecule has 168 valence electrons. The molecule has 8 nitrogen and oxygen atoms in total. The van der Waals surface area contributed by atoms with Gasteiger partial charge in [0, 0.05) is 17.0 Å². The lowest BCUT2D eigenvalue weighted by Gasteiger charge is -2.14. The number of ether oxygens (including phenoxy) is 1. The van der Waals surface area contributed by atoms with E-state index in [9.17, 15) is 18.3 Å². The molecule has 0 aliphatic heterocycles. The van der Waals surface area contributed by atoms with Crippen LogP contribution in [0, 0.1) is 0 Å². The third kappa shape index (κ3) is 4.64. The number of rotatable bonds is 6. The molecule has 1 aromatic heterocycles. The van der Waals surface area contributed by atoms with Crippen molar-refractivity contribution in [1.82, 2.24) is 4.57 Å². The summed E-state index contributed by atoms with van der Waals surface area (Å²) in [4.78, 5) is 17.4. The number of fused-ring (bicyclic) bond motifs is 1. The van der Waals surface area contributed by atoms with Gasteiger partial charge in [-0.15, -0.1) is 0 Å². The van der Waals surface area contributed by atoms with Crippen LogP contribution in [0.2, 0.25) is 0 Å². The van der Waals surface area contributed by atoms with Crippen LogP contribution in [0.1, 0.15) is 11.1 Å². The smallest absolute Gasteiger partial charge is 0.261 e. The summed E-state index contributed by atoms with van der Waals surface area (Å²) in [7, 11) is -2.23. The van der Waals surface area contributed by atoms with Crippen molar-refractivity contribution in [2.45, 2.75) is 11.4 Å². The zero-order valence-electron chi connectivity index (χ0n) is 17.7. The first-order chi connectivity index (χ1) is 15.8. The van der Waals surface area contributed by atoms with Crippen molar-refractivity contribution >= 4 is 32.7 Å². The van der Waals surface area contributed by atoms with E-state index in [0.29, 0.717) is 27.8 Å². The van der Waals surface area contributed by atoms with Crippen molar-refractivity contribution in [1.29, 1.82) is 0 Å². The summed E-state index contributed by atoms with van der Waals surface area (Å²) in [5, 5.41) is 17.1. The number of sulfonamides is 1. The van der Waals surface area contributed by atoms with Crippen LogP contribution >= 0.6 is 0 Å². The second-order valence-electron chi connectivity index (χ2n) is 7.32. The zero-order chi connectivity index (χ0) is 23.6. The first-order valence-electron chi connectivity index (χ1n) is 9.92. The monoisotopic (exact) mass is 463 g/mol. The normalized spacial score (nSPS) is 11.8. The summed E-state index contributed by atoms with van der Waals surface area (Å²) >= 11 is 0. The number of pyridine rings is 1. The van der Waals surface area contributed by atoms with Gasteiger partial charge >= 0.3 is 0 Å². The van der Waals surface area contributed by atoms with Crippen LogP contribution in [0.4, 0.5) is 5.69 Å². The summed E-state index contributed by atoms with van der Waals surface area (Å²) < 4.78 is 29.3. The standard InChI is InChI=1S/C24H21N3O5S/c1-32-18-10-6-16(7-11-18)15-27-23(28)21-5-3-2-4-20(21)22(24(27)29)14-26-17-8-12-19(13-9-17)33(25,30)31/h2-14,29H,15H2,1H3,(H2,25,30,31). The average Bonchev–Trinajstić information content (AvgIpc) is 2.82. The summed E-state index contributed by atoms with van der Waals surface area (Å²) in [6.07, 6.45) is 1.45. The highest BCUT2D eigenvalue weighted by atomic mass is 32.2. The van der Waals surface area contributed by atoms with E-state index in [0.717, 1.165) is 5.56 Å². The fraction of sp³-hybridized carbons (Fsp3) is 0.0833. The van der Waals surface area contributed by atoms with Crippen LogP contribution in [-0.2, 0) is 16.6 Å². The van der Waals surface area contributed by atoms with Gasteiger partial charge in [-0.1, -0.05) is 30.3 Å². The van der Waals surface area contributed by atoms with E-state index in [2.05, 4.69) is 4.99 Å². The summed E-state index contributed by atoms with van der Waals surface area (Å²) in [6, 6.07) is 19.9. The van der Waals surface area contributed by atoms with Gasteiger partial charge in [0.2, 0.25) is 15.9 Å². The van der Waals surface area contributed by atoms with Gasteiger partial charge < -0.3 is 9.84 Å². The lowest BCUT2D eigenvalue weighted by Crippen LogP contribution is -2.22. The summed E-state index contributed by atoms with van der Waals surface area (Å²) in [5.41, 5.74) is 1.31. The van der Waals surface area contributed by atoms with Crippen LogP contribution in [0.15, 0.2) is 87.5 Å². The maximum absolute atomic E-state index is 13.1. The highest BCUT2D eigenvalue weighted by molar-refractivity contribution is 7.89. The number of aromatic nitrogens is 1. The molecule has 0 saturated heterocycles. The number of nitrogens with two attached hydrogens (primary N) is 1. The number of aliphatic imine (C=N–C) groups is 1. The van der Waals surface area contributed by atoms with Crippen molar-refractivity contribution < 1.29 is 18.3 Å². The number of aromatic hydroxyl groups is 1. The predicted molar refractivity (Wildman–Crippen MR) is 127 cm³/mol. The Hall–Kier alpha value is -3.95. The van der Waals surface area contributed by atoms with Crippen LogP contribution < -0.4 is 15.4 Å². The van der Waals surface area contributed by atoms with Crippen molar-refractivity contribution in [2.75, 3.05) is 7.11 Å². The highest BCUT2D eigenvalue weighted by Gasteiger charge is 2.15. The van der Waals surface area contributed by atoms with Crippen LogP contribution in [0.25, 0.3) is 10.8 Å². The Morgan fingerprint density at radius 1 is 1.00 bits per heavy atom. The maximum Gasteiger partial charge on any atom is 0.261 e. The largest absolute Gasteiger partial charge is 0.497 e.